The van der Waals surface area contributed by atoms with Crippen molar-refractivity contribution in [2.75, 3.05) is 7.11 Å². The van der Waals surface area contributed by atoms with E-state index in [1.165, 1.54) is 0 Å². The van der Waals surface area contributed by atoms with Gasteiger partial charge in [0.2, 0.25) is 0 Å². The van der Waals surface area contributed by atoms with E-state index >= 15 is 0 Å². The molecule has 19 heavy (non-hydrogen) atoms. The van der Waals surface area contributed by atoms with Crippen LogP contribution in [0.2, 0.25) is 5.02 Å². The van der Waals surface area contributed by atoms with Crippen LogP contribution in [-0.4, -0.2) is 12.2 Å². The highest BCUT2D eigenvalue weighted by molar-refractivity contribution is 6.30. The summed E-state index contributed by atoms with van der Waals surface area (Å²) in [7, 11) is 1.60. The third kappa shape index (κ3) is 2.75. The molecule has 0 spiro atoms. The molecule has 0 saturated heterocycles. The third-order valence-electron chi connectivity index (χ3n) is 3.29. The summed E-state index contributed by atoms with van der Waals surface area (Å²) in [6.07, 6.45) is 0. The van der Waals surface area contributed by atoms with Crippen LogP contribution in [0.5, 0.6) is 5.75 Å². The Kier molecular flexibility index (Phi) is 3.83. The van der Waals surface area contributed by atoms with E-state index in [1.807, 2.05) is 37.3 Å². The zero-order valence-corrected chi connectivity index (χ0v) is 12.0. The van der Waals surface area contributed by atoms with Gasteiger partial charge in [-0.25, -0.2) is 0 Å². The Bertz CT molecular complexity index is 574. The number of methoxy groups -OCH3 is 1. The van der Waals surface area contributed by atoms with Crippen LogP contribution >= 0.6 is 11.6 Å². The Hall–Kier alpha value is -1.51. The first-order chi connectivity index (χ1) is 8.95. The lowest BCUT2D eigenvalue weighted by atomic mass is 9.87. The summed E-state index contributed by atoms with van der Waals surface area (Å²) in [5, 5.41) is 11.5. The second-order valence-corrected chi connectivity index (χ2v) is 5.22. The Morgan fingerprint density at radius 3 is 2.32 bits per heavy atom. The lowest BCUT2D eigenvalue weighted by Gasteiger charge is -2.26. The SMILES string of the molecule is COc1ccc(C)cc1C(C)(O)c1ccc(Cl)cc1. The summed E-state index contributed by atoms with van der Waals surface area (Å²) in [5.41, 5.74) is 1.48. The molecule has 3 heteroatoms. The van der Waals surface area contributed by atoms with E-state index < -0.39 is 5.60 Å². The van der Waals surface area contributed by atoms with Crippen LogP contribution in [0, 0.1) is 6.92 Å². The van der Waals surface area contributed by atoms with Gasteiger partial charge in [0, 0.05) is 10.6 Å². The topological polar surface area (TPSA) is 29.5 Å². The van der Waals surface area contributed by atoms with Gasteiger partial charge in [-0.05, 0) is 43.7 Å². The molecule has 0 aliphatic heterocycles. The molecule has 2 rings (SSSR count). The van der Waals surface area contributed by atoms with Crippen LogP contribution in [0.15, 0.2) is 42.5 Å². The molecular formula is C16H17ClO2. The fourth-order valence-corrected chi connectivity index (χ4v) is 2.26. The molecule has 1 atom stereocenters. The molecule has 1 N–H and O–H groups in total. The van der Waals surface area contributed by atoms with Crippen molar-refractivity contribution in [2.24, 2.45) is 0 Å². The first-order valence-electron chi connectivity index (χ1n) is 6.08. The van der Waals surface area contributed by atoms with Gasteiger partial charge >= 0.3 is 0 Å². The van der Waals surface area contributed by atoms with Gasteiger partial charge in [0.25, 0.3) is 0 Å². The molecule has 100 valence electrons. The quantitative estimate of drug-likeness (QED) is 0.921. The van der Waals surface area contributed by atoms with Crippen LogP contribution < -0.4 is 4.74 Å². The van der Waals surface area contributed by atoms with Crippen LogP contribution in [0.3, 0.4) is 0 Å². The number of ether oxygens (including phenoxy) is 1. The lowest BCUT2D eigenvalue weighted by Crippen LogP contribution is -2.23. The van der Waals surface area contributed by atoms with E-state index in [0.717, 1.165) is 16.7 Å². The molecule has 0 aliphatic rings. The van der Waals surface area contributed by atoms with Gasteiger partial charge in [0.15, 0.2) is 0 Å². The van der Waals surface area contributed by atoms with Crippen molar-refractivity contribution >= 4 is 11.6 Å². The van der Waals surface area contributed by atoms with Crippen molar-refractivity contribution in [3.05, 3.63) is 64.2 Å². The summed E-state index contributed by atoms with van der Waals surface area (Å²) in [6.45, 7) is 3.74. The number of rotatable bonds is 3. The van der Waals surface area contributed by atoms with Gasteiger partial charge in [0.05, 0.1) is 7.11 Å². The second kappa shape index (κ2) is 5.24. The van der Waals surface area contributed by atoms with Gasteiger partial charge < -0.3 is 9.84 Å². The Labute approximate surface area is 118 Å². The van der Waals surface area contributed by atoms with Crippen LogP contribution in [0.1, 0.15) is 23.6 Å². The average molecular weight is 277 g/mol. The minimum Gasteiger partial charge on any atom is -0.496 e. The molecular weight excluding hydrogens is 260 g/mol. The van der Waals surface area contributed by atoms with E-state index in [0.29, 0.717) is 10.8 Å². The van der Waals surface area contributed by atoms with Gasteiger partial charge in [0.1, 0.15) is 11.4 Å². The molecule has 2 nitrogen and oxygen atoms in total. The Morgan fingerprint density at radius 1 is 1.11 bits per heavy atom. The molecule has 0 radical (unpaired) electrons. The minimum absolute atomic E-state index is 0.649. The summed E-state index contributed by atoms with van der Waals surface area (Å²) in [5.74, 6) is 0.672. The molecule has 1 unspecified atom stereocenters. The molecule has 0 bridgehead atoms. The Balaban J connectivity index is 2.55. The fourth-order valence-electron chi connectivity index (χ4n) is 2.13. The normalized spacial score (nSPS) is 13.9. The largest absolute Gasteiger partial charge is 0.496 e. The van der Waals surface area contributed by atoms with Crippen molar-refractivity contribution in [3.8, 4) is 5.75 Å². The predicted octanol–water partition coefficient (Wildman–Crippen LogP) is 3.91. The lowest BCUT2D eigenvalue weighted by molar-refractivity contribution is 0.0989. The third-order valence-corrected chi connectivity index (χ3v) is 3.54. The highest BCUT2D eigenvalue weighted by Gasteiger charge is 2.29. The number of aliphatic hydroxyl groups is 1. The highest BCUT2D eigenvalue weighted by Crippen LogP contribution is 2.36. The standard InChI is InChI=1S/C16H17ClO2/c1-11-4-9-15(19-3)14(10-11)16(2,18)12-5-7-13(17)8-6-12/h4-10,18H,1-3H3. The maximum absolute atomic E-state index is 10.9. The molecule has 0 heterocycles. The number of halogens is 1. The molecule has 2 aromatic rings. The van der Waals surface area contributed by atoms with Crippen molar-refractivity contribution in [3.63, 3.8) is 0 Å². The second-order valence-electron chi connectivity index (χ2n) is 4.78. The fraction of sp³-hybridized carbons (Fsp3) is 0.250. The Morgan fingerprint density at radius 2 is 1.74 bits per heavy atom. The maximum Gasteiger partial charge on any atom is 0.125 e. The van der Waals surface area contributed by atoms with E-state index in [4.69, 9.17) is 16.3 Å². The predicted molar refractivity (Wildman–Crippen MR) is 77.9 cm³/mol. The molecule has 0 aliphatic carbocycles. The van der Waals surface area contributed by atoms with Gasteiger partial charge in [-0.2, -0.15) is 0 Å². The van der Waals surface area contributed by atoms with Crippen LogP contribution in [0.25, 0.3) is 0 Å². The maximum atomic E-state index is 10.9. The summed E-state index contributed by atoms with van der Waals surface area (Å²) >= 11 is 5.89. The molecule has 0 saturated carbocycles. The smallest absolute Gasteiger partial charge is 0.125 e. The van der Waals surface area contributed by atoms with Crippen LogP contribution in [0.4, 0.5) is 0 Å². The first-order valence-corrected chi connectivity index (χ1v) is 6.46. The van der Waals surface area contributed by atoms with Gasteiger partial charge in [-0.15, -0.1) is 0 Å². The molecule has 0 fully saturated rings. The zero-order valence-electron chi connectivity index (χ0n) is 11.3. The van der Waals surface area contributed by atoms with Crippen molar-refractivity contribution < 1.29 is 9.84 Å². The molecule has 2 aromatic carbocycles. The number of hydrogen-bond acceptors (Lipinski definition) is 2. The van der Waals surface area contributed by atoms with E-state index in [-0.39, 0.29) is 0 Å². The van der Waals surface area contributed by atoms with Gasteiger partial charge in [-0.3, -0.25) is 0 Å². The van der Waals surface area contributed by atoms with Gasteiger partial charge in [-0.1, -0.05) is 35.4 Å². The number of aryl methyl sites for hydroxylation is 1. The van der Waals surface area contributed by atoms with E-state index in [1.54, 1.807) is 26.2 Å². The monoisotopic (exact) mass is 276 g/mol. The van der Waals surface area contributed by atoms with Crippen molar-refractivity contribution in [2.45, 2.75) is 19.4 Å². The summed E-state index contributed by atoms with van der Waals surface area (Å²) < 4.78 is 5.35. The minimum atomic E-state index is -1.12. The number of benzene rings is 2. The van der Waals surface area contributed by atoms with Crippen LogP contribution in [-0.2, 0) is 5.60 Å². The molecule has 0 aromatic heterocycles. The summed E-state index contributed by atoms with van der Waals surface area (Å²) in [6, 6.07) is 13.0. The first kappa shape index (κ1) is 13.9. The molecule has 0 amide bonds. The zero-order chi connectivity index (χ0) is 14.0. The van der Waals surface area contributed by atoms with E-state index in [2.05, 4.69) is 0 Å². The highest BCUT2D eigenvalue weighted by atomic mass is 35.5. The van der Waals surface area contributed by atoms with Crippen molar-refractivity contribution in [1.82, 2.24) is 0 Å². The number of hydrogen-bond donors (Lipinski definition) is 1. The van der Waals surface area contributed by atoms with Crippen molar-refractivity contribution in [1.29, 1.82) is 0 Å². The average Bonchev–Trinajstić information content (AvgIpc) is 2.39. The summed E-state index contributed by atoms with van der Waals surface area (Å²) in [4.78, 5) is 0. The van der Waals surface area contributed by atoms with E-state index in [9.17, 15) is 5.11 Å².